The van der Waals surface area contributed by atoms with Crippen molar-refractivity contribution in [1.29, 1.82) is 0 Å². The molecule has 2 aromatic heterocycles. The third-order valence-electron chi connectivity index (χ3n) is 7.09. The van der Waals surface area contributed by atoms with Crippen molar-refractivity contribution in [2.75, 3.05) is 0 Å². The van der Waals surface area contributed by atoms with Crippen LogP contribution in [0.15, 0.2) is 41.2 Å². The summed E-state index contributed by atoms with van der Waals surface area (Å²) in [6.45, 7) is 11.4. The van der Waals surface area contributed by atoms with Gasteiger partial charge in [0.15, 0.2) is 5.65 Å². The molecule has 1 aliphatic rings. The molecule has 182 valence electrons. The van der Waals surface area contributed by atoms with Gasteiger partial charge in [0, 0.05) is 36.8 Å². The second-order valence-electron chi connectivity index (χ2n) is 11.6. The summed E-state index contributed by atoms with van der Waals surface area (Å²) in [5, 5.41) is 12.7. The Labute approximate surface area is 200 Å². The van der Waals surface area contributed by atoms with E-state index in [0.29, 0.717) is 17.8 Å². The van der Waals surface area contributed by atoms with E-state index in [1.807, 2.05) is 16.7 Å². The van der Waals surface area contributed by atoms with Crippen LogP contribution in [0.3, 0.4) is 0 Å². The number of hydrogen-bond acceptors (Lipinski definition) is 4. The van der Waals surface area contributed by atoms with Crippen LogP contribution in [-0.4, -0.2) is 31.2 Å². The smallest absolute Gasteiger partial charge is 0.330 e. The standard InChI is InChI=1S/C27H36N4O3/c1-26(2,3)16-31-21-12-11-20(28-23(21)30(6)25(31)34)18-13-14-27(4,5)22(15-18)29-24(33)17-7-9-19(32)10-8-17/h7-12,18,22,32H,13-16H2,1-6H3,(H,29,33). The maximum Gasteiger partial charge on any atom is 0.330 e. The molecule has 2 unspecified atom stereocenters. The van der Waals surface area contributed by atoms with Crippen molar-refractivity contribution in [2.24, 2.45) is 17.9 Å². The number of aromatic hydroxyl groups is 1. The van der Waals surface area contributed by atoms with Gasteiger partial charge >= 0.3 is 5.69 Å². The number of nitrogens with zero attached hydrogens (tertiary/aromatic N) is 3. The maximum absolute atomic E-state index is 12.9. The van der Waals surface area contributed by atoms with E-state index < -0.39 is 0 Å². The molecular weight excluding hydrogens is 428 g/mol. The van der Waals surface area contributed by atoms with Crippen LogP contribution in [0.2, 0.25) is 0 Å². The summed E-state index contributed by atoms with van der Waals surface area (Å²) in [6, 6.07) is 10.4. The van der Waals surface area contributed by atoms with Crippen molar-refractivity contribution in [3.05, 3.63) is 58.1 Å². The highest BCUT2D eigenvalue weighted by Gasteiger charge is 2.38. The zero-order valence-electron chi connectivity index (χ0n) is 21.1. The maximum atomic E-state index is 12.9. The van der Waals surface area contributed by atoms with E-state index in [2.05, 4.69) is 39.9 Å². The summed E-state index contributed by atoms with van der Waals surface area (Å²) < 4.78 is 3.46. The second-order valence-corrected chi connectivity index (χ2v) is 11.6. The molecule has 7 heteroatoms. The number of hydrogen-bond donors (Lipinski definition) is 2. The monoisotopic (exact) mass is 464 g/mol. The minimum absolute atomic E-state index is 0.0145. The van der Waals surface area contributed by atoms with Crippen molar-refractivity contribution in [1.82, 2.24) is 19.4 Å². The molecule has 1 aromatic carbocycles. The molecule has 2 heterocycles. The van der Waals surface area contributed by atoms with Crippen LogP contribution >= 0.6 is 0 Å². The Morgan fingerprint density at radius 1 is 1.18 bits per heavy atom. The van der Waals surface area contributed by atoms with E-state index in [-0.39, 0.29) is 40.1 Å². The van der Waals surface area contributed by atoms with Gasteiger partial charge in [0.25, 0.3) is 5.91 Å². The van der Waals surface area contributed by atoms with E-state index in [1.165, 1.54) is 12.1 Å². The first kappa shape index (κ1) is 24.0. The van der Waals surface area contributed by atoms with Gasteiger partial charge in [0.1, 0.15) is 5.75 Å². The molecule has 0 bridgehead atoms. The van der Waals surface area contributed by atoms with E-state index in [9.17, 15) is 14.7 Å². The number of rotatable bonds is 4. The third kappa shape index (κ3) is 4.74. The fraction of sp³-hybridized carbons (Fsp3) is 0.519. The Morgan fingerprint density at radius 3 is 2.50 bits per heavy atom. The Hall–Kier alpha value is -3.09. The number of carbonyl (C=O) groups is 1. The topological polar surface area (TPSA) is 89.2 Å². The summed E-state index contributed by atoms with van der Waals surface area (Å²) in [5.41, 5.74) is 2.96. The molecule has 3 aromatic rings. The Balaban J connectivity index is 1.60. The van der Waals surface area contributed by atoms with Gasteiger partial charge in [0.2, 0.25) is 0 Å². The van der Waals surface area contributed by atoms with Crippen LogP contribution in [0.1, 0.15) is 75.9 Å². The molecule has 2 N–H and O–H groups in total. The number of phenolic OH excluding ortho intramolecular Hbond substituents is 1. The molecule has 0 radical (unpaired) electrons. The molecule has 34 heavy (non-hydrogen) atoms. The largest absolute Gasteiger partial charge is 0.508 e. The van der Waals surface area contributed by atoms with E-state index in [1.54, 1.807) is 23.7 Å². The van der Waals surface area contributed by atoms with Crippen LogP contribution in [0, 0.1) is 10.8 Å². The lowest BCUT2D eigenvalue weighted by molar-refractivity contribution is 0.0836. The lowest BCUT2D eigenvalue weighted by atomic mass is 9.68. The van der Waals surface area contributed by atoms with Crippen molar-refractivity contribution in [2.45, 2.75) is 72.4 Å². The number of phenols is 1. The van der Waals surface area contributed by atoms with E-state index in [0.717, 1.165) is 30.5 Å². The van der Waals surface area contributed by atoms with Crippen molar-refractivity contribution in [3.63, 3.8) is 0 Å². The van der Waals surface area contributed by atoms with Gasteiger partial charge in [-0.2, -0.15) is 0 Å². The first-order valence-electron chi connectivity index (χ1n) is 12.0. The molecule has 1 amide bonds. The van der Waals surface area contributed by atoms with Gasteiger partial charge < -0.3 is 10.4 Å². The minimum atomic E-state index is -0.135. The van der Waals surface area contributed by atoms with E-state index in [4.69, 9.17) is 4.98 Å². The highest BCUT2D eigenvalue weighted by molar-refractivity contribution is 5.94. The third-order valence-corrected chi connectivity index (χ3v) is 7.09. The highest BCUT2D eigenvalue weighted by atomic mass is 16.3. The summed E-state index contributed by atoms with van der Waals surface area (Å²) in [7, 11) is 1.78. The van der Waals surface area contributed by atoms with Crippen molar-refractivity contribution in [3.8, 4) is 5.75 Å². The first-order valence-corrected chi connectivity index (χ1v) is 12.0. The van der Waals surface area contributed by atoms with Crippen LogP contribution in [-0.2, 0) is 13.6 Å². The quantitative estimate of drug-likeness (QED) is 0.592. The fourth-order valence-corrected chi connectivity index (χ4v) is 4.96. The van der Waals surface area contributed by atoms with Gasteiger partial charge in [-0.1, -0.05) is 34.6 Å². The normalized spacial score (nSPS) is 20.4. The molecular formula is C27H36N4O3. The van der Waals surface area contributed by atoms with Gasteiger partial charge in [-0.05, 0) is 66.5 Å². The number of aromatic nitrogens is 3. The molecule has 1 saturated carbocycles. The number of imidazole rings is 1. The number of benzene rings is 1. The van der Waals surface area contributed by atoms with Gasteiger partial charge in [-0.25, -0.2) is 9.78 Å². The number of amides is 1. The molecule has 4 rings (SSSR count). The van der Waals surface area contributed by atoms with Crippen LogP contribution in [0.25, 0.3) is 11.2 Å². The highest BCUT2D eigenvalue weighted by Crippen LogP contribution is 2.42. The molecule has 2 atom stereocenters. The predicted octanol–water partition coefficient (Wildman–Crippen LogP) is 4.58. The molecule has 0 aliphatic heterocycles. The Kier molecular flexibility index (Phi) is 6.08. The number of nitrogens with one attached hydrogen (secondary N) is 1. The average molecular weight is 465 g/mol. The van der Waals surface area contributed by atoms with Crippen molar-refractivity contribution < 1.29 is 9.90 Å². The second kappa shape index (κ2) is 8.60. The van der Waals surface area contributed by atoms with Crippen LogP contribution < -0.4 is 11.0 Å². The summed E-state index contributed by atoms with van der Waals surface area (Å²) in [4.78, 5) is 30.7. The van der Waals surface area contributed by atoms with E-state index >= 15 is 0 Å². The molecule has 1 fully saturated rings. The van der Waals surface area contributed by atoms with Crippen LogP contribution in [0.5, 0.6) is 5.75 Å². The lowest BCUT2D eigenvalue weighted by Gasteiger charge is -2.42. The zero-order chi connectivity index (χ0) is 24.8. The number of carbonyl (C=O) groups excluding carboxylic acids is 1. The first-order chi connectivity index (χ1) is 15.9. The SMILES string of the molecule is Cn1c(=O)n(CC(C)(C)C)c2ccc(C3CCC(C)(C)C(NC(=O)c4ccc(O)cc4)C3)nc21. The van der Waals surface area contributed by atoms with Gasteiger partial charge in [0.05, 0.1) is 5.52 Å². The molecule has 0 saturated heterocycles. The number of aryl methyl sites for hydroxylation is 1. The molecule has 1 aliphatic carbocycles. The lowest BCUT2D eigenvalue weighted by Crippen LogP contribution is -2.48. The zero-order valence-corrected chi connectivity index (χ0v) is 21.1. The Morgan fingerprint density at radius 2 is 1.85 bits per heavy atom. The molecule has 7 nitrogen and oxygen atoms in total. The number of pyridine rings is 1. The fourth-order valence-electron chi connectivity index (χ4n) is 4.96. The summed E-state index contributed by atoms with van der Waals surface area (Å²) in [6.07, 6.45) is 2.72. The summed E-state index contributed by atoms with van der Waals surface area (Å²) >= 11 is 0. The Bertz CT molecular complexity index is 1260. The van der Waals surface area contributed by atoms with Crippen molar-refractivity contribution >= 4 is 17.1 Å². The molecule has 0 spiro atoms. The summed E-state index contributed by atoms with van der Waals surface area (Å²) in [5.74, 6) is 0.203. The average Bonchev–Trinajstić information content (AvgIpc) is 2.99. The minimum Gasteiger partial charge on any atom is -0.508 e. The predicted molar refractivity (Wildman–Crippen MR) is 134 cm³/mol. The van der Waals surface area contributed by atoms with Gasteiger partial charge in [-0.15, -0.1) is 0 Å². The van der Waals surface area contributed by atoms with Gasteiger partial charge in [-0.3, -0.25) is 13.9 Å². The number of fused-ring (bicyclic) bond motifs is 1. The van der Waals surface area contributed by atoms with Crippen LogP contribution in [0.4, 0.5) is 0 Å².